The molecule has 0 spiro atoms. The molecule has 1 atom stereocenters. The second-order valence-corrected chi connectivity index (χ2v) is 4.45. The van der Waals surface area contributed by atoms with Crippen molar-refractivity contribution in [1.82, 2.24) is 0 Å². The fourth-order valence-electron chi connectivity index (χ4n) is 2.39. The Morgan fingerprint density at radius 3 is 2.47 bits per heavy atom. The second-order valence-electron chi connectivity index (χ2n) is 4.45. The number of benzene rings is 1. The minimum Gasteiger partial charge on any atom is -0.468 e. The molecule has 2 N–H and O–H groups in total. The van der Waals surface area contributed by atoms with Crippen molar-refractivity contribution in [3.8, 4) is 0 Å². The second kappa shape index (κ2) is 4.45. The Morgan fingerprint density at radius 1 is 1.47 bits per heavy atom. The van der Waals surface area contributed by atoms with Crippen LogP contribution in [0.2, 0.25) is 0 Å². The van der Waals surface area contributed by atoms with Gasteiger partial charge in [0.25, 0.3) is 0 Å². The van der Waals surface area contributed by atoms with E-state index >= 15 is 0 Å². The molecule has 0 bridgehead atoms. The highest BCUT2D eigenvalue weighted by Gasteiger charge is 2.52. The molecule has 2 rings (SSSR count). The van der Waals surface area contributed by atoms with Crippen molar-refractivity contribution < 1.29 is 13.9 Å². The number of ether oxygens (including phenoxy) is 1. The predicted molar refractivity (Wildman–Crippen MR) is 61.9 cm³/mol. The molecule has 0 heterocycles. The summed E-state index contributed by atoms with van der Waals surface area (Å²) in [5, 5.41) is 0. The fraction of sp³-hybridized carbons (Fsp3) is 0.462. The minimum atomic E-state index is -0.803. The first kappa shape index (κ1) is 12.0. The summed E-state index contributed by atoms with van der Waals surface area (Å²) in [7, 11) is 1.36. The largest absolute Gasteiger partial charge is 0.468 e. The molecule has 0 amide bonds. The molecule has 1 fully saturated rings. The van der Waals surface area contributed by atoms with Gasteiger partial charge in [-0.3, -0.25) is 4.79 Å². The number of carbonyl (C=O) groups excluding carboxylic acids is 1. The average molecular weight is 237 g/mol. The summed E-state index contributed by atoms with van der Waals surface area (Å²) in [6.45, 7) is 0.190. The van der Waals surface area contributed by atoms with Crippen LogP contribution in [0.3, 0.4) is 0 Å². The van der Waals surface area contributed by atoms with Gasteiger partial charge in [0.1, 0.15) is 11.2 Å². The van der Waals surface area contributed by atoms with Crippen LogP contribution in [-0.4, -0.2) is 19.6 Å². The van der Waals surface area contributed by atoms with Gasteiger partial charge in [0.05, 0.1) is 7.11 Å². The van der Waals surface area contributed by atoms with Gasteiger partial charge in [0.2, 0.25) is 0 Å². The monoisotopic (exact) mass is 237 g/mol. The molecule has 1 saturated carbocycles. The molecule has 1 aromatic rings. The van der Waals surface area contributed by atoms with Crippen molar-refractivity contribution in [3.05, 3.63) is 35.6 Å². The summed E-state index contributed by atoms with van der Waals surface area (Å²) in [5.74, 6) is -0.431. The van der Waals surface area contributed by atoms with Crippen molar-refractivity contribution in [3.63, 3.8) is 0 Å². The van der Waals surface area contributed by atoms with Crippen LogP contribution >= 0.6 is 0 Å². The quantitative estimate of drug-likeness (QED) is 0.809. The molecule has 0 radical (unpaired) electrons. The van der Waals surface area contributed by atoms with Gasteiger partial charge in [-0.25, -0.2) is 4.39 Å². The van der Waals surface area contributed by atoms with Gasteiger partial charge in [0, 0.05) is 6.54 Å². The molecule has 1 aliphatic rings. The van der Waals surface area contributed by atoms with Gasteiger partial charge in [-0.1, -0.05) is 12.1 Å². The summed E-state index contributed by atoms with van der Waals surface area (Å²) in [6, 6.07) is 5.95. The average Bonchev–Trinajstić information content (AvgIpc) is 3.17. The van der Waals surface area contributed by atoms with Gasteiger partial charge < -0.3 is 10.5 Å². The smallest absolute Gasteiger partial charge is 0.317 e. The normalized spacial score (nSPS) is 18.5. The standard InChI is InChI=1S/C13H16FNO2/c1-17-12(16)13(8-15,9-2-3-9)10-4-6-11(14)7-5-10/h4-7,9H,2-3,8,15H2,1H3. The van der Waals surface area contributed by atoms with Crippen LogP contribution in [0.15, 0.2) is 24.3 Å². The van der Waals surface area contributed by atoms with Gasteiger partial charge in [-0.05, 0) is 36.5 Å². The van der Waals surface area contributed by atoms with Crippen molar-refractivity contribution in [2.45, 2.75) is 18.3 Å². The highest BCUT2D eigenvalue weighted by Crippen LogP contribution is 2.47. The summed E-state index contributed by atoms with van der Waals surface area (Å²) < 4.78 is 17.8. The summed E-state index contributed by atoms with van der Waals surface area (Å²) in [5.41, 5.74) is 5.74. The predicted octanol–water partition coefficient (Wildman–Crippen LogP) is 1.61. The zero-order valence-corrected chi connectivity index (χ0v) is 9.78. The molecule has 3 nitrogen and oxygen atoms in total. The van der Waals surface area contributed by atoms with Crippen molar-refractivity contribution in [2.24, 2.45) is 11.7 Å². The number of carbonyl (C=O) groups is 1. The number of nitrogens with two attached hydrogens (primary N) is 1. The van der Waals surface area contributed by atoms with E-state index in [-0.39, 0.29) is 24.2 Å². The van der Waals surface area contributed by atoms with Crippen LogP contribution in [-0.2, 0) is 14.9 Å². The lowest BCUT2D eigenvalue weighted by atomic mass is 9.76. The van der Waals surface area contributed by atoms with E-state index in [1.165, 1.54) is 19.2 Å². The SMILES string of the molecule is COC(=O)C(CN)(c1ccc(F)cc1)C1CC1. The lowest BCUT2D eigenvalue weighted by molar-refractivity contribution is -0.148. The third-order valence-corrected chi connectivity index (χ3v) is 3.51. The molecule has 0 aliphatic heterocycles. The number of hydrogen-bond acceptors (Lipinski definition) is 3. The Labute approximate surface area is 99.8 Å². The van der Waals surface area contributed by atoms with Gasteiger partial charge >= 0.3 is 5.97 Å². The van der Waals surface area contributed by atoms with E-state index in [0.29, 0.717) is 0 Å². The lowest BCUT2D eigenvalue weighted by Gasteiger charge is -2.30. The van der Waals surface area contributed by atoms with Crippen LogP contribution in [0, 0.1) is 11.7 Å². The highest BCUT2D eigenvalue weighted by molar-refractivity contribution is 5.84. The minimum absolute atomic E-state index is 0.190. The van der Waals surface area contributed by atoms with Crippen LogP contribution in [0.1, 0.15) is 18.4 Å². The number of methoxy groups -OCH3 is 1. The number of esters is 1. The van der Waals surface area contributed by atoms with E-state index in [4.69, 9.17) is 10.5 Å². The summed E-state index contributed by atoms with van der Waals surface area (Å²) >= 11 is 0. The van der Waals surface area contributed by atoms with Crippen molar-refractivity contribution in [2.75, 3.05) is 13.7 Å². The molecular weight excluding hydrogens is 221 g/mol. The first-order chi connectivity index (χ1) is 8.15. The maximum Gasteiger partial charge on any atom is 0.317 e. The third-order valence-electron chi connectivity index (χ3n) is 3.51. The molecule has 0 aromatic heterocycles. The Balaban J connectivity index is 2.45. The first-order valence-electron chi connectivity index (χ1n) is 5.69. The van der Waals surface area contributed by atoms with Crippen LogP contribution < -0.4 is 5.73 Å². The molecule has 0 saturated heterocycles. The van der Waals surface area contributed by atoms with E-state index in [0.717, 1.165) is 18.4 Å². The summed E-state index contributed by atoms with van der Waals surface area (Å²) in [6.07, 6.45) is 1.92. The molecule has 1 unspecified atom stereocenters. The highest BCUT2D eigenvalue weighted by atomic mass is 19.1. The number of halogens is 1. The Morgan fingerprint density at radius 2 is 2.06 bits per heavy atom. The fourth-order valence-corrected chi connectivity index (χ4v) is 2.39. The van der Waals surface area contributed by atoms with Crippen molar-refractivity contribution >= 4 is 5.97 Å². The van der Waals surface area contributed by atoms with E-state index in [1.807, 2.05) is 0 Å². The first-order valence-corrected chi connectivity index (χ1v) is 5.69. The Kier molecular flexibility index (Phi) is 3.15. The third kappa shape index (κ3) is 1.93. The van der Waals surface area contributed by atoms with Gasteiger partial charge in [-0.15, -0.1) is 0 Å². The molecule has 17 heavy (non-hydrogen) atoms. The van der Waals surface area contributed by atoms with Crippen LogP contribution in [0.5, 0.6) is 0 Å². The molecular formula is C13H16FNO2. The topological polar surface area (TPSA) is 52.3 Å². The molecule has 1 aliphatic carbocycles. The maximum absolute atomic E-state index is 12.9. The van der Waals surface area contributed by atoms with E-state index in [1.54, 1.807) is 12.1 Å². The van der Waals surface area contributed by atoms with E-state index < -0.39 is 5.41 Å². The number of hydrogen-bond donors (Lipinski definition) is 1. The van der Waals surface area contributed by atoms with Crippen LogP contribution in [0.25, 0.3) is 0 Å². The van der Waals surface area contributed by atoms with E-state index in [2.05, 4.69) is 0 Å². The lowest BCUT2D eigenvalue weighted by Crippen LogP contribution is -2.45. The van der Waals surface area contributed by atoms with E-state index in [9.17, 15) is 9.18 Å². The Bertz CT molecular complexity index is 414. The molecule has 1 aromatic carbocycles. The number of rotatable bonds is 4. The maximum atomic E-state index is 12.9. The zero-order valence-electron chi connectivity index (χ0n) is 9.78. The van der Waals surface area contributed by atoms with Crippen molar-refractivity contribution in [1.29, 1.82) is 0 Å². The van der Waals surface area contributed by atoms with Crippen LogP contribution in [0.4, 0.5) is 4.39 Å². The molecule has 92 valence electrons. The molecule has 4 heteroatoms. The Hall–Kier alpha value is -1.42. The summed E-state index contributed by atoms with van der Waals surface area (Å²) in [4.78, 5) is 12.0. The van der Waals surface area contributed by atoms with Gasteiger partial charge in [0.15, 0.2) is 0 Å². The van der Waals surface area contributed by atoms with Gasteiger partial charge in [-0.2, -0.15) is 0 Å². The zero-order chi connectivity index (χ0) is 12.5.